The maximum absolute atomic E-state index is 12.5. The Labute approximate surface area is 195 Å². The van der Waals surface area contributed by atoms with Gasteiger partial charge in [-0.3, -0.25) is 9.59 Å². The summed E-state index contributed by atoms with van der Waals surface area (Å²) in [7, 11) is 1.49. The maximum Gasteiger partial charge on any atom is 0.348 e. The predicted octanol–water partition coefficient (Wildman–Crippen LogP) is 3.58. The predicted molar refractivity (Wildman–Crippen MR) is 125 cm³/mol. The minimum absolute atomic E-state index is 0.118. The molecule has 0 saturated carbocycles. The van der Waals surface area contributed by atoms with Crippen LogP contribution in [0.25, 0.3) is 15.9 Å². The first-order valence-electron chi connectivity index (χ1n) is 9.92. The molecule has 32 heavy (non-hydrogen) atoms. The summed E-state index contributed by atoms with van der Waals surface area (Å²) >= 11 is 7.20. The number of nitrogens with one attached hydrogen (secondary N) is 1. The van der Waals surface area contributed by atoms with Gasteiger partial charge in [0.1, 0.15) is 9.71 Å². The standard InChI is InChI=1S/C22H25ClN4O4S/c1-13-16-10-17(32-20(16)27(25-13)15-8-6-14(23)7-9-15)21(30)31-12-19(29)26(5)11-18(28)24-22(2,3)4/h6-10H,11-12H2,1-5H3,(H,24,28). The second-order valence-corrected chi connectivity index (χ2v) is 9.89. The SMILES string of the molecule is Cc1nn(-c2ccc(Cl)cc2)c2sc(C(=O)OCC(=O)N(C)CC(=O)NC(C)(C)C)cc12. The largest absolute Gasteiger partial charge is 0.451 e. The molecule has 0 fully saturated rings. The first kappa shape index (κ1) is 23.7. The number of thiophene rings is 1. The van der Waals surface area contributed by atoms with E-state index in [1.807, 2.05) is 39.8 Å². The summed E-state index contributed by atoms with van der Waals surface area (Å²) in [5, 5.41) is 8.77. The molecule has 0 spiro atoms. The normalized spacial score (nSPS) is 11.4. The molecule has 0 aliphatic rings. The van der Waals surface area contributed by atoms with E-state index in [1.54, 1.807) is 22.9 Å². The summed E-state index contributed by atoms with van der Waals surface area (Å²) in [6.45, 7) is 6.85. The molecule has 0 saturated heterocycles. The summed E-state index contributed by atoms with van der Waals surface area (Å²) in [5.74, 6) is -1.35. The van der Waals surface area contributed by atoms with E-state index in [2.05, 4.69) is 10.4 Å². The molecule has 2 heterocycles. The Kier molecular flexibility index (Phi) is 6.90. The minimum atomic E-state index is -0.603. The number of fused-ring (bicyclic) bond motifs is 1. The summed E-state index contributed by atoms with van der Waals surface area (Å²) in [6.07, 6.45) is 0. The molecular formula is C22H25ClN4O4S. The minimum Gasteiger partial charge on any atom is -0.451 e. The number of hydrogen-bond acceptors (Lipinski definition) is 6. The highest BCUT2D eigenvalue weighted by Crippen LogP contribution is 2.31. The number of esters is 1. The van der Waals surface area contributed by atoms with Gasteiger partial charge in [0.25, 0.3) is 5.91 Å². The molecular weight excluding hydrogens is 452 g/mol. The Morgan fingerprint density at radius 3 is 2.50 bits per heavy atom. The number of halogens is 1. The van der Waals surface area contributed by atoms with E-state index >= 15 is 0 Å². The Bertz CT molecular complexity index is 1160. The molecule has 3 rings (SSSR count). The molecule has 2 aromatic heterocycles. The van der Waals surface area contributed by atoms with E-state index in [9.17, 15) is 14.4 Å². The zero-order valence-corrected chi connectivity index (χ0v) is 20.1. The number of ether oxygens (including phenoxy) is 1. The lowest BCUT2D eigenvalue weighted by atomic mass is 10.1. The van der Waals surface area contributed by atoms with Gasteiger partial charge in [-0.15, -0.1) is 11.3 Å². The van der Waals surface area contributed by atoms with Crippen molar-refractivity contribution in [3.8, 4) is 5.69 Å². The lowest BCUT2D eigenvalue weighted by molar-refractivity contribution is -0.137. The third-order valence-electron chi connectivity index (χ3n) is 4.46. The highest BCUT2D eigenvalue weighted by Gasteiger charge is 2.21. The van der Waals surface area contributed by atoms with Crippen LogP contribution in [0.4, 0.5) is 0 Å². The van der Waals surface area contributed by atoms with Crippen LogP contribution >= 0.6 is 22.9 Å². The molecule has 1 aromatic carbocycles. The second-order valence-electron chi connectivity index (χ2n) is 8.43. The van der Waals surface area contributed by atoms with Gasteiger partial charge in [0.2, 0.25) is 5.91 Å². The number of benzene rings is 1. The van der Waals surface area contributed by atoms with Crippen LogP contribution in [0.5, 0.6) is 0 Å². The zero-order valence-electron chi connectivity index (χ0n) is 18.6. The molecule has 8 nitrogen and oxygen atoms in total. The molecule has 10 heteroatoms. The average Bonchev–Trinajstić information content (AvgIpc) is 3.26. The molecule has 0 unspecified atom stereocenters. The monoisotopic (exact) mass is 476 g/mol. The second kappa shape index (κ2) is 9.30. The summed E-state index contributed by atoms with van der Waals surface area (Å²) in [6, 6.07) is 8.94. The first-order valence-corrected chi connectivity index (χ1v) is 11.1. The van der Waals surface area contributed by atoms with Crippen molar-refractivity contribution in [1.82, 2.24) is 20.0 Å². The molecule has 0 atom stereocenters. The fraction of sp³-hybridized carbons (Fsp3) is 0.364. The van der Waals surface area contributed by atoms with Crippen molar-refractivity contribution in [1.29, 1.82) is 0 Å². The van der Waals surface area contributed by atoms with Crippen molar-refractivity contribution in [3.05, 3.63) is 45.9 Å². The third kappa shape index (κ3) is 5.66. The van der Waals surface area contributed by atoms with E-state index in [-0.39, 0.29) is 12.5 Å². The topological polar surface area (TPSA) is 93.5 Å². The number of carbonyl (C=O) groups is 3. The van der Waals surface area contributed by atoms with E-state index in [0.29, 0.717) is 9.90 Å². The quantitative estimate of drug-likeness (QED) is 0.549. The number of likely N-dealkylation sites (N-methyl/N-ethyl adjacent to an activating group) is 1. The van der Waals surface area contributed by atoms with Gasteiger partial charge in [-0.05, 0) is 58.0 Å². The van der Waals surface area contributed by atoms with Gasteiger partial charge in [-0.25, -0.2) is 9.48 Å². The molecule has 0 aliphatic carbocycles. The van der Waals surface area contributed by atoms with Gasteiger partial charge < -0.3 is 15.0 Å². The van der Waals surface area contributed by atoms with E-state index in [0.717, 1.165) is 21.6 Å². The Balaban J connectivity index is 1.66. The highest BCUT2D eigenvalue weighted by atomic mass is 35.5. The van der Waals surface area contributed by atoms with Crippen LogP contribution < -0.4 is 5.32 Å². The number of rotatable bonds is 6. The molecule has 170 valence electrons. The van der Waals surface area contributed by atoms with Crippen LogP contribution in [0, 0.1) is 6.92 Å². The third-order valence-corrected chi connectivity index (χ3v) is 5.81. The average molecular weight is 477 g/mol. The van der Waals surface area contributed by atoms with Crippen LogP contribution in [0.2, 0.25) is 5.02 Å². The van der Waals surface area contributed by atoms with Crippen molar-refractivity contribution in [2.75, 3.05) is 20.2 Å². The van der Waals surface area contributed by atoms with E-state index in [1.165, 1.54) is 23.3 Å². The van der Waals surface area contributed by atoms with Gasteiger partial charge in [0.05, 0.1) is 17.9 Å². The van der Waals surface area contributed by atoms with Gasteiger partial charge >= 0.3 is 5.97 Å². The molecule has 2 amide bonds. The highest BCUT2D eigenvalue weighted by molar-refractivity contribution is 7.20. The summed E-state index contributed by atoms with van der Waals surface area (Å²) in [4.78, 5) is 39.2. The van der Waals surface area contributed by atoms with Crippen molar-refractivity contribution in [3.63, 3.8) is 0 Å². The lowest BCUT2D eigenvalue weighted by Crippen LogP contribution is -2.46. The van der Waals surface area contributed by atoms with Gasteiger partial charge in [-0.1, -0.05) is 11.6 Å². The number of carbonyl (C=O) groups excluding carboxylic acids is 3. The van der Waals surface area contributed by atoms with Crippen LogP contribution in [0.1, 0.15) is 36.1 Å². The number of hydrogen-bond donors (Lipinski definition) is 1. The number of amides is 2. The van der Waals surface area contributed by atoms with Crippen molar-refractivity contribution in [2.24, 2.45) is 0 Å². The molecule has 0 radical (unpaired) electrons. The maximum atomic E-state index is 12.5. The van der Waals surface area contributed by atoms with E-state index in [4.69, 9.17) is 16.3 Å². The lowest BCUT2D eigenvalue weighted by Gasteiger charge is -2.23. The van der Waals surface area contributed by atoms with Crippen molar-refractivity contribution in [2.45, 2.75) is 33.2 Å². The number of aromatic nitrogens is 2. The van der Waals surface area contributed by atoms with Crippen LogP contribution in [0.15, 0.2) is 30.3 Å². The molecule has 0 bridgehead atoms. The fourth-order valence-corrected chi connectivity index (χ4v) is 4.18. The Morgan fingerprint density at radius 1 is 1.22 bits per heavy atom. The van der Waals surface area contributed by atoms with E-state index < -0.39 is 24.0 Å². The Morgan fingerprint density at radius 2 is 1.88 bits per heavy atom. The van der Waals surface area contributed by atoms with Crippen LogP contribution in [0.3, 0.4) is 0 Å². The van der Waals surface area contributed by atoms with Crippen molar-refractivity contribution >= 4 is 50.9 Å². The van der Waals surface area contributed by atoms with Gasteiger partial charge in [0.15, 0.2) is 6.61 Å². The zero-order chi connectivity index (χ0) is 23.6. The van der Waals surface area contributed by atoms with Crippen LogP contribution in [-0.2, 0) is 14.3 Å². The number of aryl methyl sites for hydroxylation is 1. The number of nitrogens with zero attached hydrogens (tertiary/aromatic N) is 3. The smallest absolute Gasteiger partial charge is 0.348 e. The van der Waals surface area contributed by atoms with Crippen molar-refractivity contribution < 1.29 is 19.1 Å². The van der Waals surface area contributed by atoms with Gasteiger partial charge in [-0.2, -0.15) is 5.10 Å². The summed E-state index contributed by atoms with van der Waals surface area (Å²) < 4.78 is 6.94. The fourth-order valence-electron chi connectivity index (χ4n) is 2.98. The first-order chi connectivity index (χ1) is 14.9. The van der Waals surface area contributed by atoms with Crippen LogP contribution in [-0.4, -0.2) is 58.2 Å². The molecule has 0 aliphatic heterocycles. The molecule has 1 N–H and O–H groups in total. The Hall–Kier alpha value is -2.91. The summed E-state index contributed by atoms with van der Waals surface area (Å²) in [5.41, 5.74) is 1.19. The van der Waals surface area contributed by atoms with Gasteiger partial charge in [0, 0.05) is 23.0 Å². The molecule has 3 aromatic rings.